The van der Waals surface area contributed by atoms with Gasteiger partial charge in [-0.25, -0.2) is 26.3 Å². The van der Waals surface area contributed by atoms with Crippen molar-refractivity contribution in [2.24, 2.45) is 0 Å². The number of amides is 3. The second-order valence-electron chi connectivity index (χ2n) is 19.1. The highest BCUT2D eigenvalue weighted by atomic mass is 79.9. The maximum atomic E-state index is 13.8. The Hall–Kier alpha value is -9.25. The summed E-state index contributed by atoms with van der Waals surface area (Å²) in [6.07, 6.45) is 8.97. The molecule has 5 aromatic heterocycles. The van der Waals surface area contributed by atoms with E-state index in [1.54, 1.807) is 89.0 Å². The van der Waals surface area contributed by atoms with E-state index in [2.05, 4.69) is 72.7 Å². The van der Waals surface area contributed by atoms with Crippen molar-refractivity contribution in [1.29, 1.82) is 0 Å². The summed E-state index contributed by atoms with van der Waals surface area (Å²) in [7, 11) is 0. The number of nitrogens with zero attached hydrogens (tertiary/aromatic N) is 2. The third-order valence-corrected chi connectivity index (χ3v) is 17.3. The molecule has 5 heterocycles. The Labute approximate surface area is 512 Å². The quantitative estimate of drug-likeness (QED) is 0.0833. The van der Waals surface area contributed by atoms with Gasteiger partial charge in [-0.3, -0.25) is 24.4 Å². The molecule has 0 aliphatic heterocycles. The minimum Gasteiger partial charge on any atom is -0.322 e. The van der Waals surface area contributed by atoms with Crippen LogP contribution in [0.2, 0.25) is 0 Å². The normalized spacial score (nSPS) is 10.6. The summed E-state index contributed by atoms with van der Waals surface area (Å²) < 4.78 is 83.5. The van der Waals surface area contributed by atoms with Crippen molar-refractivity contribution in [1.82, 2.24) is 9.97 Å². The largest absolute Gasteiger partial charge is 0.322 e. The summed E-state index contributed by atoms with van der Waals surface area (Å²) in [5.41, 5.74) is 8.12. The molecule has 86 heavy (non-hydrogen) atoms. The molecule has 11 rings (SSSR count). The highest BCUT2D eigenvalue weighted by Gasteiger charge is 2.21. The molecule has 430 valence electrons. The summed E-state index contributed by atoms with van der Waals surface area (Å²) >= 11 is 8.39. The van der Waals surface area contributed by atoms with Crippen molar-refractivity contribution in [3.8, 4) is 43.2 Å². The van der Waals surface area contributed by atoms with Crippen molar-refractivity contribution < 1.29 is 40.7 Å². The van der Waals surface area contributed by atoms with Gasteiger partial charge >= 0.3 is 0 Å². The first kappa shape index (κ1) is 61.3. The predicted octanol–water partition coefficient (Wildman–Crippen LogP) is 18.5. The number of aryl methyl sites for hydroxylation is 5. The Morgan fingerprint density at radius 3 is 1.23 bits per heavy atom. The minimum absolute atomic E-state index is 0.446. The molecule has 0 aliphatic carbocycles. The fraction of sp³-hybridized carbons (Fsp3) is 0.0735. The van der Waals surface area contributed by atoms with Gasteiger partial charge in [-0.2, -0.15) is 0 Å². The van der Waals surface area contributed by atoms with E-state index >= 15 is 0 Å². The lowest BCUT2D eigenvalue weighted by molar-refractivity contribution is 0.101. The molecule has 0 radical (unpaired) electrons. The predicted molar refractivity (Wildman–Crippen MR) is 336 cm³/mol. The zero-order valence-electron chi connectivity index (χ0n) is 45.9. The zero-order chi connectivity index (χ0) is 60.9. The third-order valence-electron chi connectivity index (χ3n) is 12.9. The van der Waals surface area contributed by atoms with Crippen LogP contribution in [0.1, 0.15) is 68.6 Å². The van der Waals surface area contributed by atoms with Crippen molar-refractivity contribution in [2.45, 2.75) is 33.6 Å². The van der Waals surface area contributed by atoms with Gasteiger partial charge in [0.25, 0.3) is 17.7 Å². The van der Waals surface area contributed by atoms with E-state index in [0.29, 0.717) is 17.1 Å². The maximum Gasteiger partial charge on any atom is 0.261 e. The van der Waals surface area contributed by atoms with Crippen LogP contribution >= 0.6 is 49.9 Å². The number of nitrogens with one attached hydrogen (secondary N) is 3. The lowest BCUT2D eigenvalue weighted by Crippen LogP contribution is -2.15. The van der Waals surface area contributed by atoms with Crippen LogP contribution < -0.4 is 16.0 Å². The molecule has 3 N–H and O–H groups in total. The zero-order valence-corrected chi connectivity index (χ0v) is 49.9. The average Bonchev–Trinajstić information content (AvgIpc) is 4.39. The lowest BCUT2D eigenvalue weighted by Gasteiger charge is -2.08. The number of hydrogen-bond acceptors (Lipinski definition) is 8. The van der Waals surface area contributed by atoms with Crippen LogP contribution in [0, 0.1) is 67.5 Å². The first-order valence-electron chi connectivity index (χ1n) is 26.3. The van der Waals surface area contributed by atoms with Crippen LogP contribution in [0.3, 0.4) is 0 Å². The van der Waals surface area contributed by atoms with Gasteiger partial charge in [0.15, 0.2) is 0 Å². The molecule has 0 bridgehead atoms. The molecule has 0 saturated heterocycles. The monoisotopic (exact) mass is 1270 g/mol. The lowest BCUT2D eigenvalue weighted by atomic mass is 10.1. The molecule has 11 aromatic rings. The fourth-order valence-corrected chi connectivity index (χ4v) is 12.7. The molecular formula is C68H48BrF6N5O3S3. The molecule has 3 amide bonds. The number of hydrogen-bond donors (Lipinski definition) is 3. The van der Waals surface area contributed by atoms with Crippen LogP contribution in [-0.4, -0.2) is 27.7 Å². The van der Waals surface area contributed by atoms with Gasteiger partial charge in [-0.15, -0.1) is 34.0 Å². The number of anilines is 3. The smallest absolute Gasteiger partial charge is 0.261 e. The van der Waals surface area contributed by atoms with Crippen LogP contribution in [-0.2, 0) is 12.8 Å². The van der Waals surface area contributed by atoms with Gasteiger partial charge in [0.1, 0.15) is 51.6 Å². The van der Waals surface area contributed by atoms with Crippen LogP contribution in [0.5, 0.6) is 0 Å². The number of rotatable bonds is 12. The van der Waals surface area contributed by atoms with Crippen molar-refractivity contribution in [2.75, 3.05) is 16.0 Å². The van der Waals surface area contributed by atoms with E-state index in [0.717, 1.165) is 101 Å². The number of aromatic nitrogens is 2. The third kappa shape index (κ3) is 15.7. The number of benzene rings is 6. The highest BCUT2D eigenvalue weighted by Crippen LogP contribution is 2.37. The van der Waals surface area contributed by atoms with E-state index in [9.17, 15) is 40.7 Å². The summed E-state index contributed by atoms with van der Waals surface area (Å²) in [5, 5.41) is 7.60. The van der Waals surface area contributed by atoms with E-state index in [1.807, 2.05) is 86.8 Å². The molecule has 0 spiro atoms. The van der Waals surface area contributed by atoms with E-state index < -0.39 is 69.3 Å². The van der Waals surface area contributed by atoms with Gasteiger partial charge < -0.3 is 16.0 Å². The molecule has 0 fully saturated rings. The van der Waals surface area contributed by atoms with E-state index in [4.69, 9.17) is 0 Å². The van der Waals surface area contributed by atoms with Crippen LogP contribution in [0.15, 0.2) is 198 Å². The molecule has 0 saturated carbocycles. The summed E-state index contributed by atoms with van der Waals surface area (Å²) in [5.74, 6) is -1.54. The van der Waals surface area contributed by atoms with E-state index in [1.165, 1.54) is 39.1 Å². The first-order chi connectivity index (χ1) is 41.5. The summed E-state index contributed by atoms with van der Waals surface area (Å²) in [6, 6.07) is 45.5. The van der Waals surface area contributed by atoms with Crippen LogP contribution in [0.25, 0.3) is 31.3 Å². The highest BCUT2D eigenvalue weighted by molar-refractivity contribution is 9.11. The topological polar surface area (TPSA) is 113 Å². The van der Waals surface area contributed by atoms with Gasteiger partial charge in [-0.1, -0.05) is 72.5 Å². The molecule has 8 nitrogen and oxygen atoms in total. The number of halogens is 7. The molecule has 6 aromatic carbocycles. The average molecular weight is 1270 g/mol. The number of pyridine rings is 2. The summed E-state index contributed by atoms with van der Waals surface area (Å²) in [4.78, 5) is 50.4. The van der Waals surface area contributed by atoms with Gasteiger partial charge in [-0.05, 0) is 198 Å². The fourth-order valence-electron chi connectivity index (χ4n) is 8.74. The second-order valence-corrected chi connectivity index (χ2v) is 23.8. The molecule has 18 heteroatoms. The van der Waals surface area contributed by atoms with Gasteiger partial charge in [0, 0.05) is 66.9 Å². The Morgan fingerprint density at radius 1 is 0.442 bits per heavy atom. The van der Waals surface area contributed by atoms with E-state index in [-0.39, 0.29) is 0 Å². The maximum absolute atomic E-state index is 13.8. The minimum atomic E-state index is -0.900. The summed E-state index contributed by atoms with van der Waals surface area (Å²) in [6.45, 7) is 6.11. The van der Waals surface area contributed by atoms with Crippen molar-refractivity contribution in [3.63, 3.8) is 0 Å². The van der Waals surface area contributed by atoms with Crippen LogP contribution in [0.4, 0.5) is 43.4 Å². The SMILES string of the molecule is Cc1cc(Br)sc1-c1ccc(NC(=O)c2c(F)cccc2F)cc1.Cc1cc(C#Cc2cccnc2)sc1-c1ccc(NC(=O)c2c(F)cccc2F)cc1.Cc1cc(CCc2cccnc2)sc1-c1ccc(NC(=O)c2c(F)cccc2F)cc1. The molecule has 0 unspecified atom stereocenters. The van der Waals surface area contributed by atoms with Gasteiger partial charge in [0.05, 0.1) is 8.66 Å². The van der Waals surface area contributed by atoms with Crippen molar-refractivity contribution in [3.05, 3.63) is 288 Å². The van der Waals surface area contributed by atoms with Crippen molar-refractivity contribution >= 4 is 84.7 Å². The Balaban J connectivity index is 0.000000156. The first-order valence-corrected chi connectivity index (χ1v) is 29.6. The standard InChI is InChI=1S/C25H20F2N2OS.C25H16F2N2OS.C18H12BrF2NOS/c2*1-16-14-20(12-7-17-4-3-13-28-15-17)31-24(16)18-8-10-19(11-9-18)29-25(30)23-21(26)5-2-6-22(23)27;1-10-9-15(19)24-17(10)11-5-7-12(8-6-11)22-18(23)16-13(20)3-2-4-14(16)21/h2-6,8-11,13-15H,7,12H2,1H3,(H,29,30);2-6,8-11,13-15H,1H3,(H,29,30);2-9H,1H3,(H,22,23). The molecule has 0 aliphatic rings. The van der Waals surface area contributed by atoms with Gasteiger partial charge in [0.2, 0.25) is 0 Å². The Morgan fingerprint density at radius 2 is 0.837 bits per heavy atom. The molecule has 0 atom stereocenters. The number of thiophene rings is 3. The number of carbonyl (C=O) groups excluding carboxylic acids is 3. The Bertz CT molecular complexity index is 4220. The molecular weight excluding hydrogens is 1220 g/mol. The number of carbonyl (C=O) groups is 3. The Kier molecular flexibility index (Phi) is 20.4. The second kappa shape index (κ2) is 28.6.